The van der Waals surface area contributed by atoms with Gasteiger partial charge in [-0.15, -0.1) is 0 Å². The van der Waals surface area contributed by atoms with Gasteiger partial charge in [0.15, 0.2) is 9.84 Å². The average Bonchev–Trinajstić information content (AvgIpc) is 3.18. The minimum absolute atomic E-state index is 0.0888. The standard InChI is InChI=1S/C18H22N2O4S/c1-14-4-6-15(7-5-14)19-18(21)12-20(11-17-3-2-9-24-17)16-8-10-25(22,23)13-16/h2-7,9,16H,8,10-13H2,1H3,(H,19,21)/t16-/m0/s1. The van der Waals surface area contributed by atoms with Crippen LogP contribution in [0, 0.1) is 6.92 Å². The molecule has 1 N–H and O–H groups in total. The predicted octanol–water partition coefficient (Wildman–Crippen LogP) is 2.22. The number of hydrogen-bond acceptors (Lipinski definition) is 5. The van der Waals surface area contributed by atoms with Gasteiger partial charge in [-0.2, -0.15) is 0 Å². The Labute approximate surface area is 147 Å². The first-order valence-corrected chi connectivity index (χ1v) is 10.1. The monoisotopic (exact) mass is 362 g/mol. The van der Waals surface area contributed by atoms with E-state index in [0.717, 1.165) is 11.3 Å². The molecule has 1 aromatic carbocycles. The molecule has 134 valence electrons. The lowest BCUT2D eigenvalue weighted by molar-refractivity contribution is -0.118. The van der Waals surface area contributed by atoms with Crippen LogP contribution in [0.4, 0.5) is 5.69 Å². The average molecular weight is 362 g/mol. The smallest absolute Gasteiger partial charge is 0.238 e. The summed E-state index contributed by atoms with van der Waals surface area (Å²) in [6.07, 6.45) is 2.12. The Hall–Kier alpha value is -2.12. The van der Waals surface area contributed by atoms with Gasteiger partial charge in [-0.05, 0) is 37.6 Å². The Balaban J connectivity index is 1.68. The second kappa shape index (κ2) is 7.41. The van der Waals surface area contributed by atoms with Crippen molar-refractivity contribution >= 4 is 21.4 Å². The Morgan fingerprint density at radius 1 is 1.28 bits per heavy atom. The lowest BCUT2D eigenvalue weighted by Gasteiger charge is -2.26. The zero-order valence-corrected chi connectivity index (χ0v) is 15.0. The number of carbonyl (C=O) groups is 1. The third kappa shape index (κ3) is 4.93. The number of nitrogens with zero attached hydrogens (tertiary/aromatic N) is 1. The van der Waals surface area contributed by atoms with Crippen molar-refractivity contribution in [3.63, 3.8) is 0 Å². The van der Waals surface area contributed by atoms with Gasteiger partial charge < -0.3 is 9.73 Å². The van der Waals surface area contributed by atoms with E-state index >= 15 is 0 Å². The number of carbonyl (C=O) groups excluding carboxylic acids is 1. The van der Waals surface area contributed by atoms with Crippen molar-refractivity contribution in [2.45, 2.75) is 25.9 Å². The van der Waals surface area contributed by atoms with E-state index in [9.17, 15) is 13.2 Å². The number of sulfone groups is 1. The molecule has 3 rings (SSSR count). The van der Waals surface area contributed by atoms with Gasteiger partial charge in [0, 0.05) is 11.7 Å². The van der Waals surface area contributed by atoms with E-state index in [4.69, 9.17) is 4.42 Å². The molecule has 0 spiro atoms. The molecule has 1 fully saturated rings. The molecule has 1 aliphatic heterocycles. The summed E-state index contributed by atoms with van der Waals surface area (Å²) in [7, 11) is -3.02. The largest absolute Gasteiger partial charge is 0.468 e. The van der Waals surface area contributed by atoms with Crippen LogP contribution in [0.1, 0.15) is 17.7 Å². The molecule has 1 aromatic heterocycles. The van der Waals surface area contributed by atoms with Crippen LogP contribution >= 0.6 is 0 Å². The van der Waals surface area contributed by atoms with Crippen LogP contribution in [0.25, 0.3) is 0 Å². The fourth-order valence-electron chi connectivity index (χ4n) is 3.00. The van der Waals surface area contributed by atoms with Crippen LogP contribution in [-0.2, 0) is 21.2 Å². The summed E-state index contributed by atoms with van der Waals surface area (Å²) >= 11 is 0. The topological polar surface area (TPSA) is 79.6 Å². The number of hydrogen-bond donors (Lipinski definition) is 1. The number of amides is 1. The molecule has 0 radical (unpaired) electrons. The molecule has 2 heterocycles. The van der Waals surface area contributed by atoms with Crippen molar-refractivity contribution in [3.05, 3.63) is 54.0 Å². The van der Waals surface area contributed by atoms with Crippen molar-refractivity contribution in [1.82, 2.24) is 4.90 Å². The van der Waals surface area contributed by atoms with Gasteiger partial charge in [-0.1, -0.05) is 17.7 Å². The molecule has 2 aromatic rings. The Bertz CT molecular complexity index is 813. The molecule has 0 unspecified atom stereocenters. The van der Waals surface area contributed by atoms with Gasteiger partial charge >= 0.3 is 0 Å². The van der Waals surface area contributed by atoms with Crippen molar-refractivity contribution in [3.8, 4) is 0 Å². The molecule has 25 heavy (non-hydrogen) atoms. The summed E-state index contributed by atoms with van der Waals surface area (Å²) in [5.41, 5.74) is 1.85. The molecule has 1 atom stereocenters. The zero-order valence-electron chi connectivity index (χ0n) is 14.1. The fraction of sp³-hybridized carbons (Fsp3) is 0.389. The minimum atomic E-state index is -3.02. The van der Waals surface area contributed by atoms with Gasteiger partial charge in [0.2, 0.25) is 5.91 Å². The molecule has 0 saturated carbocycles. The summed E-state index contributed by atoms with van der Waals surface area (Å²) in [5.74, 6) is 0.810. The number of furan rings is 1. The van der Waals surface area contributed by atoms with Gasteiger partial charge in [-0.25, -0.2) is 8.42 Å². The first kappa shape index (κ1) is 17.7. The summed E-state index contributed by atoms with van der Waals surface area (Å²) in [6, 6.07) is 11.0. The third-order valence-electron chi connectivity index (χ3n) is 4.35. The fourth-order valence-corrected chi connectivity index (χ4v) is 4.76. The van der Waals surface area contributed by atoms with Crippen molar-refractivity contribution in [2.75, 3.05) is 23.4 Å². The Morgan fingerprint density at radius 2 is 2.04 bits per heavy atom. The highest BCUT2D eigenvalue weighted by atomic mass is 32.2. The number of aryl methyl sites for hydroxylation is 1. The highest BCUT2D eigenvalue weighted by Crippen LogP contribution is 2.20. The molecule has 6 nitrogen and oxygen atoms in total. The maximum atomic E-state index is 12.4. The SMILES string of the molecule is Cc1ccc(NC(=O)CN(Cc2ccco2)[C@H]2CCS(=O)(=O)C2)cc1. The maximum Gasteiger partial charge on any atom is 0.238 e. The van der Waals surface area contributed by atoms with Gasteiger partial charge in [0.1, 0.15) is 5.76 Å². The van der Waals surface area contributed by atoms with Crippen LogP contribution in [0.2, 0.25) is 0 Å². The lowest BCUT2D eigenvalue weighted by atomic mass is 10.2. The quantitative estimate of drug-likeness (QED) is 0.852. The summed E-state index contributed by atoms with van der Waals surface area (Å²) in [5, 5.41) is 2.86. The number of nitrogens with one attached hydrogen (secondary N) is 1. The number of anilines is 1. The third-order valence-corrected chi connectivity index (χ3v) is 6.10. The predicted molar refractivity (Wildman–Crippen MR) is 96.0 cm³/mol. The molecule has 1 aliphatic rings. The Morgan fingerprint density at radius 3 is 2.64 bits per heavy atom. The van der Waals surface area contributed by atoms with Gasteiger partial charge in [0.25, 0.3) is 0 Å². The first-order valence-electron chi connectivity index (χ1n) is 8.25. The van der Waals surface area contributed by atoms with E-state index in [-0.39, 0.29) is 30.0 Å². The van der Waals surface area contributed by atoms with E-state index in [2.05, 4.69) is 5.32 Å². The summed E-state index contributed by atoms with van der Waals surface area (Å²) < 4.78 is 29.0. The highest BCUT2D eigenvalue weighted by molar-refractivity contribution is 7.91. The van der Waals surface area contributed by atoms with Crippen molar-refractivity contribution in [1.29, 1.82) is 0 Å². The number of rotatable bonds is 6. The molecule has 1 saturated heterocycles. The van der Waals surface area contributed by atoms with E-state index in [0.29, 0.717) is 18.7 Å². The molecule has 0 bridgehead atoms. The Kier molecular flexibility index (Phi) is 5.24. The van der Waals surface area contributed by atoms with Crippen LogP contribution in [0.5, 0.6) is 0 Å². The van der Waals surface area contributed by atoms with E-state index < -0.39 is 9.84 Å². The molecule has 7 heteroatoms. The summed E-state index contributed by atoms with van der Waals surface area (Å²) in [4.78, 5) is 14.3. The maximum absolute atomic E-state index is 12.4. The van der Waals surface area contributed by atoms with Crippen LogP contribution in [-0.4, -0.2) is 43.3 Å². The molecule has 1 amide bonds. The second-order valence-corrected chi connectivity index (χ2v) is 8.68. The molecular formula is C18H22N2O4S. The van der Waals surface area contributed by atoms with Crippen LogP contribution in [0.3, 0.4) is 0 Å². The minimum Gasteiger partial charge on any atom is -0.468 e. The van der Waals surface area contributed by atoms with Crippen molar-refractivity contribution in [2.24, 2.45) is 0 Å². The van der Waals surface area contributed by atoms with E-state index in [1.807, 2.05) is 42.2 Å². The normalized spacial score (nSPS) is 19.2. The van der Waals surface area contributed by atoms with E-state index in [1.165, 1.54) is 0 Å². The van der Waals surface area contributed by atoms with Gasteiger partial charge in [0.05, 0.1) is 30.9 Å². The van der Waals surface area contributed by atoms with E-state index in [1.54, 1.807) is 12.3 Å². The van der Waals surface area contributed by atoms with Crippen molar-refractivity contribution < 1.29 is 17.6 Å². The van der Waals surface area contributed by atoms with Gasteiger partial charge in [-0.3, -0.25) is 9.69 Å². The summed E-state index contributed by atoms with van der Waals surface area (Å²) in [6.45, 7) is 2.51. The molecule has 0 aliphatic carbocycles. The lowest BCUT2D eigenvalue weighted by Crippen LogP contribution is -2.41. The van der Waals surface area contributed by atoms with Crippen LogP contribution < -0.4 is 5.32 Å². The zero-order chi connectivity index (χ0) is 17.9. The highest BCUT2D eigenvalue weighted by Gasteiger charge is 2.33. The van der Waals surface area contributed by atoms with Crippen LogP contribution in [0.15, 0.2) is 47.1 Å². The number of benzene rings is 1. The molecular weight excluding hydrogens is 340 g/mol. The first-order chi connectivity index (χ1) is 11.9. The second-order valence-electron chi connectivity index (χ2n) is 6.46.